The summed E-state index contributed by atoms with van der Waals surface area (Å²) in [5, 5.41) is 5.78. The highest BCUT2D eigenvalue weighted by atomic mass is 35.5. The second kappa shape index (κ2) is 5.88. The molecule has 2 aromatic rings. The van der Waals surface area contributed by atoms with Gasteiger partial charge in [-0.15, -0.1) is 0 Å². The molecule has 1 aromatic carbocycles. The molecule has 110 valence electrons. The molecule has 1 aliphatic heterocycles. The van der Waals surface area contributed by atoms with E-state index in [1.807, 2.05) is 12.1 Å². The molecular formula is C11H12Cl2N2O4S. The first-order chi connectivity index (χ1) is 9.27. The Kier molecular flexibility index (Phi) is 4.58. The number of aromatic nitrogens is 1. The molecule has 2 heterocycles. The van der Waals surface area contributed by atoms with Crippen molar-refractivity contribution in [3.63, 3.8) is 0 Å². The van der Waals surface area contributed by atoms with Gasteiger partial charge in [-0.3, -0.25) is 9.11 Å². The third-order valence-electron chi connectivity index (χ3n) is 2.91. The summed E-state index contributed by atoms with van der Waals surface area (Å²) < 4.78 is 31.6. The van der Waals surface area contributed by atoms with Gasteiger partial charge in [0.05, 0.1) is 15.6 Å². The topological polar surface area (TPSA) is 102 Å². The van der Waals surface area contributed by atoms with E-state index < -0.39 is 10.4 Å². The highest BCUT2D eigenvalue weighted by Crippen LogP contribution is 2.34. The minimum Gasteiger partial charge on any atom is -0.357 e. The summed E-state index contributed by atoms with van der Waals surface area (Å²) in [7, 11) is -4.67. The summed E-state index contributed by atoms with van der Waals surface area (Å²) in [6.45, 7) is 1.93. The lowest BCUT2D eigenvalue weighted by molar-refractivity contribution is 0.381. The zero-order chi connectivity index (χ0) is 14.9. The third-order valence-corrected chi connectivity index (χ3v) is 3.72. The van der Waals surface area contributed by atoms with E-state index in [1.165, 1.54) is 16.6 Å². The molecule has 4 N–H and O–H groups in total. The van der Waals surface area contributed by atoms with Gasteiger partial charge in [0.25, 0.3) is 0 Å². The molecular weight excluding hydrogens is 327 g/mol. The van der Waals surface area contributed by atoms with Crippen LogP contribution in [0.2, 0.25) is 10.0 Å². The fourth-order valence-corrected chi connectivity index (χ4v) is 2.52. The second-order valence-corrected chi connectivity index (χ2v) is 5.92. The fourth-order valence-electron chi connectivity index (χ4n) is 2.16. The first-order valence-electron chi connectivity index (χ1n) is 5.65. The van der Waals surface area contributed by atoms with Crippen molar-refractivity contribution in [2.24, 2.45) is 0 Å². The van der Waals surface area contributed by atoms with Crippen LogP contribution in [0.1, 0.15) is 11.3 Å². The maximum absolute atomic E-state index is 8.74. The highest BCUT2D eigenvalue weighted by Gasteiger charge is 2.17. The number of halogens is 2. The normalized spacial score (nSPS) is 14.6. The minimum absolute atomic E-state index is 0.607. The molecule has 0 unspecified atom stereocenters. The zero-order valence-corrected chi connectivity index (χ0v) is 12.5. The van der Waals surface area contributed by atoms with Crippen molar-refractivity contribution in [2.45, 2.75) is 13.0 Å². The number of fused-ring (bicyclic) bond motifs is 3. The van der Waals surface area contributed by atoms with E-state index >= 15 is 0 Å². The lowest BCUT2D eigenvalue weighted by Gasteiger charge is -2.12. The molecule has 1 aromatic heterocycles. The van der Waals surface area contributed by atoms with E-state index in [0.29, 0.717) is 10.0 Å². The number of hydrogen-bond donors (Lipinski definition) is 4. The molecule has 0 amide bonds. The first kappa shape index (κ1) is 15.6. The van der Waals surface area contributed by atoms with Crippen LogP contribution >= 0.6 is 23.2 Å². The van der Waals surface area contributed by atoms with Crippen LogP contribution in [-0.2, 0) is 23.4 Å². The first-order valence-corrected chi connectivity index (χ1v) is 7.80. The third kappa shape index (κ3) is 3.63. The van der Waals surface area contributed by atoms with E-state index in [2.05, 4.69) is 10.3 Å². The van der Waals surface area contributed by atoms with Gasteiger partial charge < -0.3 is 10.3 Å². The Morgan fingerprint density at radius 3 is 2.50 bits per heavy atom. The van der Waals surface area contributed by atoms with Crippen LogP contribution in [0.25, 0.3) is 10.9 Å². The fraction of sp³-hybridized carbons (Fsp3) is 0.273. The lowest BCUT2D eigenvalue weighted by Crippen LogP contribution is -2.22. The average molecular weight is 339 g/mol. The standard InChI is InChI=1S/C11H10Cl2N2.H2O4S/c12-8-2-1-6-7-5-14-4-3-9(7)15-11(6)10(8)13;1-5(2,3)4/h1-2,14-15H,3-5H2;(H2,1,2,3,4). The predicted octanol–water partition coefficient (Wildman–Crippen LogP) is 2.47. The molecule has 0 aliphatic carbocycles. The van der Waals surface area contributed by atoms with Gasteiger partial charge in [0.1, 0.15) is 0 Å². The molecule has 0 radical (unpaired) electrons. The smallest absolute Gasteiger partial charge is 0.357 e. The van der Waals surface area contributed by atoms with Crippen LogP contribution in [0.15, 0.2) is 12.1 Å². The van der Waals surface area contributed by atoms with Crippen molar-refractivity contribution in [1.29, 1.82) is 0 Å². The van der Waals surface area contributed by atoms with Crippen molar-refractivity contribution < 1.29 is 17.5 Å². The Hall–Kier alpha value is -0.830. The van der Waals surface area contributed by atoms with E-state index in [-0.39, 0.29) is 0 Å². The van der Waals surface area contributed by atoms with Crippen molar-refractivity contribution in [3.8, 4) is 0 Å². The van der Waals surface area contributed by atoms with Gasteiger partial charge in [0, 0.05) is 30.6 Å². The number of rotatable bonds is 0. The van der Waals surface area contributed by atoms with Crippen molar-refractivity contribution in [3.05, 3.63) is 33.4 Å². The average Bonchev–Trinajstić information content (AvgIpc) is 2.71. The summed E-state index contributed by atoms with van der Waals surface area (Å²) in [6, 6.07) is 3.89. The molecule has 0 bridgehead atoms. The summed E-state index contributed by atoms with van der Waals surface area (Å²) in [6.07, 6.45) is 1.03. The number of H-pyrrole nitrogens is 1. The Bertz CT molecular complexity index is 734. The Labute approximate surface area is 125 Å². The molecule has 0 saturated heterocycles. The van der Waals surface area contributed by atoms with E-state index in [0.717, 1.165) is 25.0 Å². The predicted molar refractivity (Wildman–Crippen MR) is 77.9 cm³/mol. The number of nitrogens with one attached hydrogen (secondary N) is 2. The van der Waals surface area contributed by atoms with E-state index in [4.69, 9.17) is 40.7 Å². The molecule has 6 nitrogen and oxygen atoms in total. The Morgan fingerprint density at radius 1 is 1.20 bits per heavy atom. The van der Waals surface area contributed by atoms with Crippen LogP contribution in [0.5, 0.6) is 0 Å². The molecule has 1 aliphatic rings. The largest absolute Gasteiger partial charge is 0.394 e. The van der Waals surface area contributed by atoms with Crippen molar-refractivity contribution in [2.75, 3.05) is 6.54 Å². The summed E-state index contributed by atoms with van der Waals surface area (Å²) in [4.78, 5) is 3.37. The molecule has 3 rings (SSSR count). The van der Waals surface area contributed by atoms with Gasteiger partial charge in [0.15, 0.2) is 0 Å². The monoisotopic (exact) mass is 338 g/mol. The summed E-state index contributed by atoms with van der Waals surface area (Å²) in [5.74, 6) is 0. The highest BCUT2D eigenvalue weighted by molar-refractivity contribution is 7.79. The van der Waals surface area contributed by atoms with Crippen LogP contribution in [0.4, 0.5) is 0 Å². The number of benzene rings is 1. The van der Waals surface area contributed by atoms with Gasteiger partial charge in [-0.05, 0) is 11.6 Å². The maximum Gasteiger partial charge on any atom is 0.394 e. The van der Waals surface area contributed by atoms with Crippen LogP contribution in [0, 0.1) is 0 Å². The van der Waals surface area contributed by atoms with E-state index in [1.54, 1.807) is 0 Å². The molecule has 0 fully saturated rings. The molecule has 0 spiro atoms. The van der Waals surface area contributed by atoms with Gasteiger partial charge in [-0.25, -0.2) is 0 Å². The Balaban J connectivity index is 0.000000257. The molecule has 0 saturated carbocycles. The van der Waals surface area contributed by atoms with Gasteiger partial charge in [-0.1, -0.05) is 29.3 Å². The zero-order valence-electron chi connectivity index (χ0n) is 10.2. The van der Waals surface area contributed by atoms with E-state index in [9.17, 15) is 0 Å². The quantitative estimate of drug-likeness (QED) is 0.552. The maximum atomic E-state index is 8.74. The van der Waals surface area contributed by atoms with Crippen LogP contribution in [-0.4, -0.2) is 29.1 Å². The Morgan fingerprint density at radius 2 is 1.85 bits per heavy atom. The van der Waals surface area contributed by atoms with Gasteiger partial charge in [0.2, 0.25) is 0 Å². The molecule has 9 heteroatoms. The minimum atomic E-state index is -4.67. The van der Waals surface area contributed by atoms with Crippen LogP contribution in [0.3, 0.4) is 0 Å². The van der Waals surface area contributed by atoms with Crippen molar-refractivity contribution >= 4 is 44.5 Å². The van der Waals surface area contributed by atoms with Gasteiger partial charge >= 0.3 is 10.4 Å². The molecule has 0 atom stereocenters. The number of hydrogen-bond acceptors (Lipinski definition) is 3. The summed E-state index contributed by atoms with van der Waals surface area (Å²) in [5.41, 5.74) is 3.58. The SMILES string of the molecule is Clc1ccc2c3c([nH]c2c1Cl)CCNC3.O=S(=O)(O)O. The lowest BCUT2D eigenvalue weighted by atomic mass is 10.1. The number of aromatic amines is 1. The van der Waals surface area contributed by atoms with Crippen molar-refractivity contribution in [1.82, 2.24) is 10.3 Å². The van der Waals surface area contributed by atoms with Gasteiger partial charge in [-0.2, -0.15) is 8.42 Å². The molecule has 20 heavy (non-hydrogen) atoms. The summed E-state index contributed by atoms with van der Waals surface area (Å²) >= 11 is 12.1. The van der Waals surface area contributed by atoms with Crippen LogP contribution < -0.4 is 5.32 Å². The second-order valence-electron chi connectivity index (χ2n) is 4.24.